The van der Waals surface area contributed by atoms with Crippen molar-refractivity contribution in [2.24, 2.45) is 10.9 Å². The highest BCUT2D eigenvalue weighted by molar-refractivity contribution is 14.0. The molecule has 0 amide bonds. The van der Waals surface area contributed by atoms with Crippen LogP contribution >= 0.6 is 24.0 Å². The molecule has 2 rings (SSSR count). The van der Waals surface area contributed by atoms with E-state index in [9.17, 15) is 0 Å². The summed E-state index contributed by atoms with van der Waals surface area (Å²) < 4.78 is 5.70. The Morgan fingerprint density at radius 2 is 2.04 bits per heavy atom. The molecule has 26 heavy (non-hydrogen) atoms. The van der Waals surface area contributed by atoms with Gasteiger partial charge in [-0.15, -0.1) is 24.0 Å². The first-order chi connectivity index (χ1) is 12.2. The molecule has 1 saturated heterocycles. The molecule has 2 N–H and O–H groups in total. The zero-order valence-electron chi connectivity index (χ0n) is 16.0. The maximum absolute atomic E-state index is 5.70. The van der Waals surface area contributed by atoms with Gasteiger partial charge in [0.15, 0.2) is 5.96 Å². The van der Waals surface area contributed by atoms with Crippen LogP contribution in [0.25, 0.3) is 0 Å². The van der Waals surface area contributed by atoms with E-state index in [-0.39, 0.29) is 24.0 Å². The van der Waals surface area contributed by atoms with Crippen molar-refractivity contribution in [3.05, 3.63) is 42.5 Å². The number of nitrogens with one attached hydrogen (secondary N) is 2. The Kier molecular flexibility index (Phi) is 11.4. The van der Waals surface area contributed by atoms with E-state index in [1.165, 1.54) is 32.4 Å². The van der Waals surface area contributed by atoms with Crippen LogP contribution in [0.15, 0.2) is 41.9 Å². The fraction of sp³-hybridized carbons (Fsp3) is 0.550. The first kappa shape index (κ1) is 22.8. The predicted molar refractivity (Wildman–Crippen MR) is 121 cm³/mol. The molecule has 146 valence electrons. The Labute approximate surface area is 175 Å². The highest BCUT2D eigenvalue weighted by Gasteiger charge is 2.16. The summed E-state index contributed by atoms with van der Waals surface area (Å²) in [5, 5.41) is 6.80. The molecule has 5 nitrogen and oxygen atoms in total. The molecule has 1 aliphatic rings. The Bertz CT molecular complexity index is 556. The lowest BCUT2D eigenvalue weighted by Gasteiger charge is -2.29. The van der Waals surface area contributed by atoms with Gasteiger partial charge < -0.3 is 20.3 Å². The number of guanidine groups is 1. The molecule has 0 aliphatic carbocycles. The molecule has 1 aromatic carbocycles. The molecular formula is C20H33IN4O. The number of ether oxygens (including phenoxy) is 1. The van der Waals surface area contributed by atoms with Gasteiger partial charge >= 0.3 is 0 Å². The molecular weight excluding hydrogens is 439 g/mol. The number of hydrogen-bond acceptors (Lipinski definition) is 3. The number of hydrogen-bond donors (Lipinski definition) is 2. The van der Waals surface area contributed by atoms with Gasteiger partial charge in [0.25, 0.3) is 0 Å². The quantitative estimate of drug-likeness (QED) is 0.264. The number of para-hydroxylation sites is 1. The van der Waals surface area contributed by atoms with Crippen LogP contribution in [-0.2, 0) is 6.54 Å². The molecule has 1 aliphatic heterocycles. The largest absolute Gasteiger partial charge is 0.489 e. The van der Waals surface area contributed by atoms with Crippen LogP contribution in [0.1, 0.15) is 24.8 Å². The van der Waals surface area contributed by atoms with Crippen molar-refractivity contribution in [1.29, 1.82) is 0 Å². The molecule has 0 radical (unpaired) electrons. The maximum atomic E-state index is 5.70. The van der Waals surface area contributed by atoms with Crippen LogP contribution in [0.2, 0.25) is 0 Å². The monoisotopic (exact) mass is 472 g/mol. The lowest BCUT2D eigenvalue weighted by atomic mass is 9.94. The number of benzene rings is 1. The third-order valence-electron chi connectivity index (χ3n) is 4.68. The minimum absolute atomic E-state index is 0. The summed E-state index contributed by atoms with van der Waals surface area (Å²) in [5.41, 5.74) is 1.11. The standard InChI is InChI=1S/C20H32N4O.HI/c1-4-15-25-19-8-6-5-7-18(19)16-23-20(21-2)22-12-9-17-10-13-24(3)14-11-17;/h4-8,17H,1,9-16H2,2-3H3,(H2,21,22,23);1H. The second-order valence-corrected chi connectivity index (χ2v) is 6.60. The van der Waals surface area contributed by atoms with Crippen LogP contribution in [0.4, 0.5) is 0 Å². The molecule has 0 spiro atoms. The summed E-state index contributed by atoms with van der Waals surface area (Å²) in [7, 11) is 4.02. The van der Waals surface area contributed by atoms with E-state index in [0.29, 0.717) is 13.2 Å². The molecule has 6 heteroatoms. The third-order valence-corrected chi connectivity index (χ3v) is 4.68. The lowest BCUT2D eigenvalue weighted by Crippen LogP contribution is -2.38. The summed E-state index contributed by atoms with van der Waals surface area (Å²) in [5.74, 6) is 2.55. The van der Waals surface area contributed by atoms with Crippen LogP contribution in [0.3, 0.4) is 0 Å². The van der Waals surface area contributed by atoms with Gasteiger partial charge in [0, 0.05) is 25.7 Å². The minimum atomic E-state index is 0. The first-order valence-corrected chi connectivity index (χ1v) is 9.17. The Morgan fingerprint density at radius 3 is 2.73 bits per heavy atom. The first-order valence-electron chi connectivity index (χ1n) is 9.17. The van der Waals surface area contributed by atoms with E-state index in [1.807, 2.05) is 25.2 Å². The number of aliphatic imine (C=N–C) groups is 1. The van der Waals surface area contributed by atoms with Gasteiger partial charge in [-0.2, -0.15) is 0 Å². The van der Waals surface area contributed by atoms with E-state index in [0.717, 1.165) is 29.7 Å². The third kappa shape index (κ3) is 7.95. The topological polar surface area (TPSA) is 48.9 Å². The highest BCUT2D eigenvalue weighted by atomic mass is 127. The van der Waals surface area contributed by atoms with E-state index < -0.39 is 0 Å². The molecule has 0 aromatic heterocycles. The van der Waals surface area contributed by atoms with Gasteiger partial charge in [-0.3, -0.25) is 4.99 Å². The van der Waals surface area contributed by atoms with Gasteiger partial charge in [0.1, 0.15) is 12.4 Å². The number of halogens is 1. The Morgan fingerprint density at radius 1 is 1.31 bits per heavy atom. The predicted octanol–water partition coefficient (Wildman–Crippen LogP) is 3.27. The second kappa shape index (κ2) is 13.0. The number of piperidine rings is 1. The van der Waals surface area contributed by atoms with Crippen molar-refractivity contribution < 1.29 is 4.74 Å². The molecule has 0 unspecified atom stereocenters. The summed E-state index contributed by atoms with van der Waals surface area (Å²) in [4.78, 5) is 6.73. The van der Waals surface area contributed by atoms with Crippen molar-refractivity contribution in [3.63, 3.8) is 0 Å². The van der Waals surface area contributed by atoms with Gasteiger partial charge in [-0.1, -0.05) is 30.9 Å². The van der Waals surface area contributed by atoms with E-state index in [1.54, 1.807) is 6.08 Å². The summed E-state index contributed by atoms with van der Waals surface area (Å²) in [6.07, 6.45) is 5.57. The number of likely N-dealkylation sites (tertiary alicyclic amines) is 1. The zero-order valence-corrected chi connectivity index (χ0v) is 18.4. The normalized spacial score (nSPS) is 15.8. The fourth-order valence-electron chi connectivity index (χ4n) is 3.08. The average Bonchev–Trinajstić information content (AvgIpc) is 2.65. The van der Waals surface area contributed by atoms with Crippen molar-refractivity contribution in [2.45, 2.75) is 25.8 Å². The van der Waals surface area contributed by atoms with Crippen LogP contribution in [-0.4, -0.2) is 51.2 Å². The molecule has 0 atom stereocenters. The molecule has 1 heterocycles. The van der Waals surface area contributed by atoms with Crippen LogP contribution in [0, 0.1) is 5.92 Å². The minimum Gasteiger partial charge on any atom is -0.489 e. The van der Waals surface area contributed by atoms with Crippen LogP contribution in [0.5, 0.6) is 5.75 Å². The summed E-state index contributed by atoms with van der Waals surface area (Å²) >= 11 is 0. The van der Waals surface area contributed by atoms with Gasteiger partial charge in [-0.25, -0.2) is 0 Å². The zero-order chi connectivity index (χ0) is 17.9. The Hall–Kier alpha value is -1.28. The van der Waals surface area contributed by atoms with Gasteiger partial charge in [-0.05, 0) is 51.4 Å². The van der Waals surface area contributed by atoms with Crippen molar-refractivity contribution >= 4 is 29.9 Å². The van der Waals surface area contributed by atoms with Crippen LogP contribution < -0.4 is 15.4 Å². The van der Waals surface area contributed by atoms with E-state index >= 15 is 0 Å². The summed E-state index contributed by atoms with van der Waals surface area (Å²) in [6.45, 7) is 8.30. The van der Waals surface area contributed by atoms with Crippen molar-refractivity contribution in [2.75, 3.05) is 40.3 Å². The van der Waals surface area contributed by atoms with Gasteiger partial charge in [0.2, 0.25) is 0 Å². The highest BCUT2D eigenvalue weighted by Crippen LogP contribution is 2.19. The molecule has 0 bridgehead atoms. The SMILES string of the molecule is C=CCOc1ccccc1CNC(=NC)NCCC1CCN(C)CC1.I. The lowest BCUT2D eigenvalue weighted by molar-refractivity contribution is 0.213. The second-order valence-electron chi connectivity index (χ2n) is 6.60. The van der Waals surface area contributed by atoms with E-state index in [2.05, 4.69) is 40.2 Å². The average molecular weight is 472 g/mol. The summed E-state index contributed by atoms with van der Waals surface area (Å²) in [6, 6.07) is 8.05. The molecule has 1 fully saturated rings. The smallest absolute Gasteiger partial charge is 0.191 e. The van der Waals surface area contributed by atoms with Gasteiger partial charge in [0.05, 0.1) is 0 Å². The maximum Gasteiger partial charge on any atom is 0.191 e. The molecule has 1 aromatic rings. The van der Waals surface area contributed by atoms with Crippen molar-refractivity contribution in [3.8, 4) is 5.75 Å². The van der Waals surface area contributed by atoms with E-state index in [4.69, 9.17) is 4.74 Å². The fourth-order valence-corrected chi connectivity index (χ4v) is 3.08. The molecule has 0 saturated carbocycles. The Balaban J connectivity index is 0.00000338. The number of nitrogens with zero attached hydrogens (tertiary/aromatic N) is 2. The number of rotatable bonds is 8. The van der Waals surface area contributed by atoms with Crippen molar-refractivity contribution in [1.82, 2.24) is 15.5 Å².